The van der Waals surface area contributed by atoms with Crippen molar-refractivity contribution in [3.05, 3.63) is 52.2 Å². The van der Waals surface area contributed by atoms with Crippen molar-refractivity contribution in [1.82, 2.24) is 19.2 Å². The zero-order valence-electron chi connectivity index (χ0n) is 14.0. The van der Waals surface area contributed by atoms with E-state index in [-0.39, 0.29) is 17.5 Å². The van der Waals surface area contributed by atoms with E-state index in [1.165, 1.54) is 10.6 Å². The first-order chi connectivity index (χ1) is 11.6. The van der Waals surface area contributed by atoms with Crippen molar-refractivity contribution in [2.24, 2.45) is 7.05 Å². The number of likely N-dealkylation sites (tertiary alicyclic amines) is 1. The number of aromatic nitrogens is 3. The van der Waals surface area contributed by atoms with Gasteiger partial charge in [0.25, 0.3) is 11.5 Å². The van der Waals surface area contributed by atoms with Gasteiger partial charge in [-0.1, -0.05) is 0 Å². The number of nitrogens with zero attached hydrogens (tertiary/aromatic N) is 4. The van der Waals surface area contributed by atoms with Crippen LogP contribution in [-0.2, 0) is 18.3 Å². The van der Waals surface area contributed by atoms with Gasteiger partial charge in [0.05, 0.1) is 24.4 Å². The second-order valence-corrected chi connectivity index (χ2v) is 6.05. The molecule has 2 aromatic heterocycles. The molecule has 0 bridgehead atoms. The Morgan fingerprint density at radius 2 is 2.21 bits per heavy atom. The summed E-state index contributed by atoms with van der Waals surface area (Å²) in [6.45, 7) is 1.58. The monoisotopic (exact) mass is 330 g/mol. The number of rotatable bonds is 5. The van der Waals surface area contributed by atoms with Crippen molar-refractivity contribution in [2.75, 3.05) is 20.3 Å². The van der Waals surface area contributed by atoms with Crippen LogP contribution in [0.15, 0.2) is 35.5 Å². The molecule has 0 N–H and O–H groups in total. The summed E-state index contributed by atoms with van der Waals surface area (Å²) in [4.78, 5) is 26.7. The van der Waals surface area contributed by atoms with Crippen molar-refractivity contribution < 1.29 is 9.53 Å². The molecule has 1 aliphatic heterocycles. The van der Waals surface area contributed by atoms with Gasteiger partial charge in [0.15, 0.2) is 0 Å². The Bertz CT molecular complexity index is 780. The Kier molecular flexibility index (Phi) is 4.80. The van der Waals surface area contributed by atoms with Gasteiger partial charge in [-0.05, 0) is 18.9 Å². The molecule has 2 aromatic rings. The molecule has 1 fully saturated rings. The number of carbonyl (C=O) groups excluding carboxylic acids is 1. The van der Waals surface area contributed by atoms with Crippen LogP contribution in [0, 0.1) is 0 Å². The first kappa shape index (κ1) is 16.4. The number of aryl methyl sites for hydroxylation is 1. The minimum atomic E-state index is -0.131. The average molecular weight is 330 g/mol. The average Bonchev–Trinajstić information content (AvgIpc) is 3.22. The fourth-order valence-corrected chi connectivity index (χ4v) is 3.16. The molecular formula is C17H22N4O3. The molecule has 1 aliphatic rings. The molecule has 1 amide bonds. The van der Waals surface area contributed by atoms with Gasteiger partial charge >= 0.3 is 0 Å². The molecule has 0 spiro atoms. The predicted octanol–water partition coefficient (Wildman–Crippen LogP) is 1.21. The Labute approximate surface area is 140 Å². The molecule has 24 heavy (non-hydrogen) atoms. The Morgan fingerprint density at radius 3 is 2.92 bits per heavy atom. The second kappa shape index (κ2) is 7.00. The fourth-order valence-electron chi connectivity index (χ4n) is 3.16. The Balaban J connectivity index is 1.84. The minimum Gasteiger partial charge on any atom is -0.383 e. The van der Waals surface area contributed by atoms with Crippen molar-refractivity contribution in [3.8, 4) is 0 Å². The molecule has 7 heteroatoms. The molecule has 0 aliphatic carbocycles. The standard InChI is InChI=1S/C17H22N4O3/c1-19-11-14(10-18-19)15-4-3-7-21(15)17(23)13-5-6-16(22)20(12-13)8-9-24-2/h5-6,10-12,15H,3-4,7-9H2,1-2H3/t15-/m1/s1. The largest absolute Gasteiger partial charge is 0.383 e. The number of hydrogen-bond donors (Lipinski definition) is 0. The molecule has 128 valence electrons. The van der Waals surface area contributed by atoms with Gasteiger partial charge in [-0.2, -0.15) is 5.10 Å². The van der Waals surface area contributed by atoms with Crippen LogP contribution in [0.25, 0.3) is 0 Å². The lowest BCUT2D eigenvalue weighted by Gasteiger charge is -2.24. The highest BCUT2D eigenvalue weighted by Crippen LogP contribution is 2.32. The van der Waals surface area contributed by atoms with Crippen molar-refractivity contribution in [2.45, 2.75) is 25.4 Å². The summed E-state index contributed by atoms with van der Waals surface area (Å²) in [6, 6.07) is 3.09. The van der Waals surface area contributed by atoms with E-state index in [1.54, 1.807) is 24.1 Å². The van der Waals surface area contributed by atoms with Gasteiger partial charge in [-0.3, -0.25) is 14.3 Å². The Hall–Kier alpha value is -2.41. The van der Waals surface area contributed by atoms with Crippen LogP contribution < -0.4 is 5.56 Å². The number of amides is 1. The maximum Gasteiger partial charge on any atom is 0.255 e. The third-order valence-corrected chi connectivity index (χ3v) is 4.39. The second-order valence-electron chi connectivity index (χ2n) is 6.05. The maximum absolute atomic E-state index is 12.9. The lowest BCUT2D eigenvalue weighted by atomic mass is 10.1. The molecule has 0 radical (unpaired) electrons. The summed E-state index contributed by atoms with van der Waals surface area (Å²) in [5.74, 6) is -0.0486. The molecule has 1 atom stereocenters. The number of carbonyl (C=O) groups is 1. The zero-order chi connectivity index (χ0) is 17.1. The smallest absolute Gasteiger partial charge is 0.255 e. The summed E-state index contributed by atoms with van der Waals surface area (Å²) < 4.78 is 8.28. The predicted molar refractivity (Wildman–Crippen MR) is 88.8 cm³/mol. The van der Waals surface area contributed by atoms with E-state index >= 15 is 0 Å². The number of pyridine rings is 1. The lowest BCUT2D eigenvalue weighted by molar-refractivity contribution is 0.0734. The van der Waals surface area contributed by atoms with Crippen LogP contribution in [-0.4, -0.2) is 45.4 Å². The summed E-state index contributed by atoms with van der Waals surface area (Å²) in [7, 11) is 3.46. The highest BCUT2D eigenvalue weighted by atomic mass is 16.5. The first-order valence-electron chi connectivity index (χ1n) is 8.09. The van der Waals surface area contributed by atoms with Crippen molar-refractivity contribution >= 4 is 5.91 Å². The van der Waals surface area contributed by atoms with Crippen LogP contribution in [0.2, 0.25) is 0 Å². The summed E-state index contributed by atoms with van der Waals surface area (Å²) in [5, 5.41) is 4.21. The van der Waals surface area contributed by atoms with Crippen molar-refractivity contribution in [1.29, 1.82) is 0 Å². The van der Waals surface area contributed by atoms with Gasteiger partial charge in [0.1, 0.15) is 0 Å². The topological polar surface area (TPSA) is 69.4 Å². The van der Waals surface area contributed by atoms with Crippen LogP contribution in [0.5, 0.6) is 0 Å². The van der Waals surface area contributed by atoms with Gasteiger partial charge in [0, 0.05) is 51.3 Å². The number of ether oxygens (including phenoxy) is 1. The molecule has 7 nitrogen and oxygen atoms in total. The van der Waals surface area contributed by atoms with Crippen LogP contribution >= 0.6 is 0 Å². The van der Waals surface area contributed by atoms with E-state index < -0.39 is 0 Å². The van der Waals surface area contributed by atoms with E-state index in [9.17, 15) is 9.59 Å². The summed E-state index contributed by atoms with van der Waals surface area (Å²) in [6.07, 6.45) is 7.29. The quantitative estimate of drug-likeness (QED) is 0.826. The third-order valence-electron chi connectivity index (χ3n) is 4.39. The van der Waals surface area contributed by atoms with Gasteiger partial charge in [0.2, 0.25) is 0 Å². The molecule has 1 saturated heterocycles. The SMILES string of the molecule is COCCn1cc(C(=O)N2CCC[C@@H]2c2cnn(C)c2)ccc1=O. The third kappa shape index (κ3) is 3.26. The molecule has 3 heterocycles. The van der Waals surface area contributed by atoms with Crippen LogP contribution in [0.3, 0.4) is 0 Å². The molecule has 3 rings (SSSR count). The van der Waals surface area contributed by atoms with Gasteiger partial charge in [-0.15, -0.1) is 0 Å². The highest BCUT2D eigenvalue weighted by molar-refractivity contribution is 5.94. The maximum atomic E-state index is 12.9. The van der Waals surface area contributed by atoms with Crippen LogP contribution in [0.1, 0.15) is 34.8 Å². The normalized spacial score (nSPS) is 17.4. The lowest BCUT2D eigenvalue weighted by Crippen LogP contribution is -2.32. The van der Waals surface area contributed by atoms with Crippen molar-refractivity contribution in [3.63, 3.8) is 0 Å². The zero-order valence-corrected chi connectivity index (χ0v) is 14.0. The first-order valence-corrected chi connectivity index (χ1v) is 8.09. The van der Waals surface area contributed by atoms with Crippen LogP contribution in [0.4, 0.5) is 0 Å². The van der Waals surface area contributed by atoms with E-state index in [4.69, 9.17) is 4.74 Å². The molecule has 0 unspecified atom stereocenters. The Morgan fingerprint density at radius 1 is 1.38 bits per heavy atom. The minimum absolute atomic E-state index is 0.0468. The summed E-state index contributed by atoms with van der Waals surface area (Å²) >= 11 is 0. The van der Waals surface area contributed by atoms with E-state index in [0.29, 0.717) is 18.7 Å². The van der Waals surface area contributed by atoms with Gasteiger partial charge in [-0.25, -0.2) is 0 Å². The molecule has 0 aromatic carbocycles. The number of hydrogen-bond acceptors (Lipinski definition) is 4. The fraction of sp³-hybridized carbons (Fsp3) is 0.471. The molecular weight excluding hydrogens is 308 g/mol. The summed E-state index contributed by atoms with van der Waals surface area (Å²) in [5.41, 5.74) is 1.45. The van der Waals surface area contributed by atoms with Gasteiger partial charge < -0.3 is 14.2 Å². The van der Waals surface area contributed by atoms with E-state index in [2.05, 4.69) is 5.10 Å². The van der Waals surface area contributed by atoms with E-state index in [0.717, 1.165) is 24.9 Å². The highest BCUT2D eigenvalue weighted by Gasteiger charge is 2.31. The number of methoxy groups -OCH3 is 1. The van der Waals surface area contributed by atoms with E-state index in [1.807, 2.05) is 24.3 Å². The molecule has 0 saturated carbocycles.